The van der Waals surface area contributed by atoms with Crippen LogP contribution in [0.25, 0.3) is 0 Å². The van der Waals surface area contributed by atoms with E-state index in [0.717, 1.165) is 13.2 Å². The molecule has 0 bridgehead atoms. The molecule has 7 heavy (non-hydrogen) atoms. The number of hydrogen-bond donors (Lipinski definition) is 0. The van der Waals surface area contributed by atoms with Crippen molar-refractivity contribution in [1.82, 2.24) is 0 Å². The van der Waals surface area contributed by atoms with Crippen molar-refractivity contribution in [2.75, 3.05) is 13.2 Å². The molecule has 1 aliphatic rings. The Hall–Kier alpha value is -0.0400. The van der Waals surface area contributed by atoms with Gasteiger partial charge in [-0.05, 0) is 25.7 Å². The topological polar surface area (TPSA) is 9.23 Å². The quantitative estimate of drug-likeness (QED) is 0.442. The van der Waals surface area contributed by atoms with Crippen molar-refractivity contribution in [3.05, 3.63) is 12.8 Å². The molecule has 1 fully saturated rings. The van der Waals surface area contributed by atoms with Gasteiger partial charge in [-0.2, -0.15) is 0 Å². The fourth-order valence-electron chi connectivity index (χ4n) is 0.637. The highest BCUT2D eigenvalue weighted by molar-refractivity contribution is 4.75. The molecule has 1 saturated heterocycles. The first-order chi connectivity index (χ1) is 3.50. The minimum Gasteiger partial charge on any atom is -0.381 e. The van der Waals surface area contributed by atoms with Gasteiger partial charge < -0.3 is 4.74 Å². The maximum atomic E-state index is 5.08. The van der Waals surface area contributed by atoms with Gasteiger partial charge in [0.05, 0.1) is 0 Å². The lowest BCUT2D eigenvalue weighted by Crippen LogP contribution is -1.90. The van der Waals surface area contributed by atoms with Crippen molar-refractivity contribution in [3.8, 4) is 0 Å². The molecule has 0 saturated carbocycles. The van der Waals surface area contributed by atoms with Crippen LogP contribution in [0.2, 0.25) is 0 Å². The fraction of sp³-hybridized carbons (Fsp3) is 0.667. The summed E-state index contributed by atoms with van der Waals surface area (Å²) in [6, 6.07) is 0. The number of hydrogen-bond acceptors (Lipinski definition) is 1. The van der Waals surface area contributed by atoms with Crippen LogP contribution in [0.5, 0.6) is 0 Å². The third-order valence-corrected chi connectivity index (χ3v) is 1.05. The Labute approximate surface area is 44.7 Å². The summed E-state index contributed by atoms with van der Waals surface area (Å²) in [6.45, 7) is 1.69. The molecule has 1 rings (SSSR count). The van der Waals surface area contributed by atoms with Crippen molar-refractivity contribution >= 4 is 0 Å². The van der Waals surface area contributed by atoms with Crippen molar-refractivity contribution in [3.63, 3.8) is 0 Å². The first-order valence-corrected chi connectivity index (χ1v) is 2.71. The van der Waals surface area contributed by atoms with Gasteiger partial charge in [-0.15, -0.1) is 0 Å². The average Bonchev–Trinajstić information content (AvgIpc) is 1.90. The molecule has 0 N–H and O–H groups in total. The van der Waals surface area contributed by atoms with Gasteiger partial charge in [-0.25, -0.2) is 0 Å². The Morgan fingerprint density at radius 3 is 2.14 bits per heavy atom. The lowest BCUT2D eigenvalue weighted by Gasteiger charge is -1.91. The lowest BCUT2D eigenvalue weighted by molar-refractivity contribution is 0.181. The molecule has 0 atom stereocenters. The van der Waals surface area contributed by atoms with Crippen LogP contribution >= 0.6 is 0 Å². The summed E-state index contributed by atoms with van der Waals surface area (Å²) in [5.74, 6) is 0. The molecule has 0 unspecified atom stereocenters. The third-order valence-electron chi connectivity index (χ3n) is 1.05. The van der Waals surface area contributed by atoms with E-state index in [-0.39, 0.29) is 0 Å². The van der Waals surface area contributed by atoms with E-state index in [2.05, 4.69) is 12.8 Å². The minimum atomic E-state index is 0.844. The Bertz CT molecular complexity index is 23.8. The van der Waals surface area contributed by atoms with Crippen molar-refractivity contribution < 1.29 is 4.74 Å². The summed E-state index contributed by atoms with van der Waals surface area (Å²) in [7, 11) is 0. The Morgan fingerprint density at radius 1 is 1.00 bits per heavy atom. The molecule has 0 aromatic heterocycles. The van der Waals surface area contributed by atoms with Crippen LogP contribution in [0, 0.1) is 12.8 Å². The van der Waals surface area contributed by atoms with Crippen LogP contribution in [-0.2, 0) is 4.74 Å². The molecule has 0 amide bonds. The van der Waals surface area contributed by atoms with E-state index in [1.54, 1.807) is 0 Å². The molecule has 0 aromatic rings. The predicted octanol–water partition coefficient (Wildman–Crippen LogP) is 1.21. The molecule has 1 heteroatoms. The van der Waals surface area contributed by atoms with E-state index in [9.17, 15) is 0 Å². The Balaban J connectivity index is 2.04. The van der Waals surface area contributed by atoms with Crippen LogP contribution in [0.15, 0.2) is 0 Å². The Morgan fingerprint density at radius 2 is 1.57 bits per heavy atom. The molecule has 2 radical (unpaired) electrons. The first kappa shape index (κ1) is 5.10. The zero-order chi connectivity index (χ0) is 4.95. The molecular weight excluding hydrogens is 88.1 g/mol. The summed E-state index contributed by atoms with van der Waals surface area (Å²) >= 11 is 0. The van der Waals surface area contributed by atoms with E-state index in [1.807, 2.05) is 0 Å². The first-order valence-electron chi connectivity index (χ1n) is 2.71. The smallest absolute Gasteiger partial charge is 0.0497 e. The van der Waals surface area contributed by atoms with Crippen molar-refractivity contribution in [2.24, 2.45) is 0 Å². The normalized spacial score (nSPS) is 24.0. The second-order valence-corrected chi connectivity index (χ2v) is 1.69. The van der Waals surface area contributed by atoms with E-state index in [4.69, 9.17) is 4.74 Å². The Kier molecular flexibility index (Phi) is 2.21. The molecule has 1 heterocycles. The van der Waals surface area contributed by atoms with Gasteiger partial charge in [0.2, 0.25) is 0 Å². The second kappa shape index (κ2) is 3.03. The highest BCUT2D eigenvalue weighted by Gasteiger charge is 1.95. The largest absolute Gasteiger partial charge is 0.381 e. The molecular formula is C6H10O. The highest BCUT2D eigenvalue weighted by Crippen LogP contribution is 2.02. The van der Waals surface area contributed by atoms with Gasteiger partial charge in [0, 0.05) is 13.2 Å². The van der Waals surface area contributed by atoms with Gasteiger partial charge in [0.25, 0.3) is 0 Å². The maximum absolute atomic E-state index is 5.08. The van der Waals surface area contributed by atoms with Gasteiger partial charge in [-0.3, -0.25) is 0 Å². The van der Waals surface area contributed by atoms with Gasteiger partial charge in [-0.1, -0.05) is 0 Å². The monoisotopic (exact) mass is 98.1 g/mol. The van der Waals surface area contributed by atoms with Gasteiger partial charge in [0.1, 0.15) is 0 Å². The van der Waals surface area contributed by atoms with Crippen LogP contribution in [0.4, 0.5) is 0 Å². The summed E-state index contributed by atoms with van der Waals surface area (Å²) in [4.78, 5) is 0. The van der Waals surface area contributed by atoms with E-state index in [0.29, 0.717) is 0 Å². The predicted molar refractivity (Wildman–Crippen MR) is 28.7 cm³/mol. The summed E-state index contributed by atoms with van der Waals surface area (Å²) in [5.41, 5.74) is 0. The van der Waals surface area contributed by atoms with Crippen molar-refractivity contribution in [1.29, 1.82) is 0 Å². The molecule has 0 aromatic carbocycles. The van der Waals surface area contributed by atoms with Crippen LogP contribution in [0.1, 0.15) is 12.8 Å². The summed E-state index contributed by atoms with van der Waals surface area (Å²) in [5, 5.41) is 0. The number of rotatable bonds is 0. The van der Waals surface area contributed by atoms with Gasteiger partial charge >= 0.3 is 0 Å². The molecule has 0 spiro atoms. The van der Waals surface area contributed by atoms with E-state index >= 15 is 0 Å². The van der Waals surface area contributed by atoms with Crippen molar-refractivity contribution in [2.45, 2.75) is 12.8 Å². The molecule has 0 aliphatic carbocycles. The van der Waals surface area contributed by atoms with Gasteiger partial charge in [0.15, 0.2) is 0 Å². The zero-order valence-corrected chi connectivity index (χ0v) is 4.39. The van der Waals surface area contributed by atoms with Crippen LogP contribution < -0.4 is 0 Å². The fourth-order valence-corrected chi connectivity index (χ4v) is 0.637. The second-order valence-electron chi connectivity index (χ2n) is 1.69. The van der Waals surface area contributed by atoms with Crippen LogP contribution in [0.3, 0.4) is 0 Å². The highest BCUT2D eigenvalue weighted by atomic mass is 16.5. The minimum absolute atomic E-state index is 0.844. The lowest BCUT2D eigenvalue weighted by atomic mass is 10.2. The zero-order valence-electron chi connectivity index (χ0n) is 4.39. The summed E-state index contributed by atoms with van der Waals surface area (Å²) in [6.07, 6.45) is 6.73. The average molecular weight is 98.1 g/mol. The van der Waals surface area contributed by atoms with E-state index in [1.165, 1.54) is 12.8 Å². The maximum Gasteiger partial charge on any atom is 0.0497 e. The standard InChI is InChI=1S/C6H10O/c1-2-4-6-7-5-3-1/h3-4H,1-2,5-6H2. The van der Waals surface area contributed by atoms with Crippen LogP contribution in [-0.4, -0.2) is 13.2 Å². The number of ether oxygens (including phenoxy) is 1. The molecule has 1 nitrogen and oxygen atoms in total. The third kappa shape index (κ3) is 1.93. The van der Waals surface area contributed by atoms with E-state index < -0.39 is 0 Å². The molecule has 40 valence electrons. The SMILES string of the molecule is [CH]1CC[CH]COC1. The summed E-state index contributed by atoms with van der Waals surface area (Å²) < 4.78 is 5.08. The molecule has 1 aliphatic heterocycles.